The van der Waals surface area contributed by atoms with Gasteiger partial charge in [-0.25, -0.2) is 0 Å². The van der Waals surface area contributed by atoms with Gasteiger partial charge in [-0.15, -0.1) is 0 Å². The van der Waals surface area contributed by atoms with E-state index in [1.165, 1.54) is 5.57 Å². The maximum Gasteiger partial charge on any atom is 0.168 e. The highest BCUT2D eigenvalue weighted by Crippen LogP contribution is 2.52. The molecule has 0 bridgehead atoms. The molecule has 0 spiro atoms. The molecule has 1 fully saturated rings. The molecule has 0 aromatic heterocycles. The van der Waals surface area contributed by atoms with Crippen LogP contribution in [0.5, 0.6) is 0 Å². The van der Waals surface area contributed by atoms with Crippen LogP contribution < -0.4 is 0 Å². The van der Waals surface area contributed by atoms with Gasteiger partial charge in [-0.1, -0.05) is 39.3 Å². The third-order valence-corrected chi connectivity index (χ3v) is 6.05. The second kappa shape index (κ2) is 5.16. The van der Waals surface area contributed by atoms with Gasteiger partial charge in [-0.3, -0.25) is 9.59 Å². The Balaban J connectivity index is 2.21. The molecule has 0 unspecified atom stereocenters. The van der Waals surface area contributed by atoms with Crippen LogP contribution in [0.15, 0.2) is 22.8 Å². The summed E-state index contributed by atoms with van der Waals surface area (Å²) in [5.41, 5.74) is 2.58. The maximum atomic E-state index is 12.8. The highest BCUT2D eigenvalue weighted by Gasteiger charge is 2.48. The smallest absolute Gasteiger partial charge is 0.168 e. The first-order valence-corrected chi connectivity index (χ1v) is 8.47. The second-order valence-electron chi connectivity index (χ2n) is 7.77. The van der Waals surface area contributed by atoms with Gasteiger partial charge in [0.25, 0.3) is 0 Å². The van der Waals surface area contributed by atoms with Gasteiger partial charge in [0.1, 0.15) is 6.10 Å². The third kappa shape index (κ3) is 2.13. The topological polar surface area (TPSA) is 54.4 Å². The van der Waals surface area contributed by atoms with E-state index < -0.39 is 6.10 Å². The van der Waals surface area contributed by atoms with Crippen molar-refractivity contribution in [2.75, 3.05) is 0 Å². The number of ketones is 2. The minimum Gasteiger partial charge on any atom is -0.381 e. The maximum absolute atomic E-state index is 12.8. The van der Waals surface area contributed by atoms with Gasteiger partial charge in [0.05, 0.1) is 0 Å². The van der Waals surface area contributed by atoms with Gasteiger partial charge in [-0.05, 0) is 42.2 Å². The molecule has 120 valence electrons. The summed E-state index contributed by atoms with van der Waals surface area (Å²) < 4.78 is 0. The lowest BCUT2D eigenvalue weighted by molar-refractivity contribution is -0.130. The average Bonchev–Trinajstić information content (AvgIpc) is 2.98. The fourth-order valence-electron chi connectivity index (χ4n) is 4.70. The molecule has 3 aliphatic carbocycles. The van der Waals surface area contributed by atoms with Crippen LogP contribution >= 0.6 is 0 Å². The largest absolute Gasteiger partial charge is 0.381 e. The molecule has 0 amide bonds. The fourth-order valence-corrected chi connectivity index (χ4v) is 4.70. The van der Waals surface area contributed by atoms with E-state index in [2.05, 4.69) is 26.8 Å². The van der Waals surface area contributed by atoms with Crippen molar-refractivity contribution in [1.82, 2.24) is 0 Å². The molecule has 3 aliphatic rings. The van der Waals surface area contributed by atoms with Crippen LogP contribution in [0, 0.1) is 23.2 Å². The summed E-state index contributed by atoms with van der Waals surface area (Å²) in [6, 6.07) is 0. The van der Waals surface area contributed by atoms with E-state index in [1.54, 1.807) is 0 Å². The molecule has 22 heavy (non-hydrogen) atoms. The lowest BCUT2D eigenvalue weighted by Gasteiger charge is -2.35. The Morgan fingerprint density at radius 2 is 1.95 bits per heavy atom. The van der Waals surface area contributed by atoms with Gasteiger partial charge < -0.3 is 5.11 Å². The zero-order valence-electron chi connectivity index (χ0n) is 14.0. The second-order valence-corrected chi connectivity index (χ2v) is 7.77. The predicted octanol–water partition coefficient (Wildman–Crippen LogP) is 3.22. The van der Waals surface area contributed by atoms with Gasteiger partial charge >= 0.3 is 0 Å². The number of aliphatic hydroxyl groups excluding tert-OH is 1. The van der Waals surface area contributed by atoms with E-state index >= 15 is 0 Å². The Hall–Kier alpha value is -1.22. The van der Waals surface area contributed by atoms with E-state index in [0.29, 0.717) is 12.3 Å². The highest BCUT2D eigenvalue weighted by molar-refractivity contribution is 6.01. The van der Waals surface area contributed by atoms with E-state index in [0.717, 1.165) is 30.4 Å². The number of fused-ring (bicyclic) bond motifs is 2. The first-order chi connectivity index (χ1) is 10.3. The van der Waals surface area contributed by atoms with E-state index in [4.69, 9.17) is 0 Å². The molecule has 0 aliphatic heterocycles. The van der Waals surface area contributed by atoms with Crippen LogP contribution in [0.25, 0.3) is 0 Å². The molecule has 0 aromatic carbocycles. The first-order valence-electron chi connectivity index (χ1n) is 8.47. The predicted molar refractivity (Wildman–Crippen MR) is 85.2 cm³/mol. The molecule has 1 N–H and O–H groups in total. The SMILES string of the molecule is CC(C)C1=C2[C@@H](O)C(=O)[C@H](C)[C@@H]3CCC(=O)/C3=C/[C@@]2(C)CC1. The number of rotatable bonds is 1. The van der Waals surface area contributed by atoms with Crippen LogP contribution in [0.3, 0.4) is 0 Å². The first kappa shape index (κ1) is 15.7. The van der Waals surface area contributed by atoms with Crippen molar-refractivity contribution < 1.29 is 14.7 Å². The molecule has 0 heterocycles. The van der Waals surface area contributed by atoms with Crippen molar-refractivity contribution in [3.8, 4) is 0 Å². The van der Waals surface area contributed by atoms with E-state index in [-0.39, 0.29) is 28.8 Å². The molecule has 0 aromatic rings. The summed E-state index contributed by atoms with van der Waals surface area (Å²) in [6.07, 6.45) is 4.17. The molecule has 3 nitrogen and oxygen atoms in total. The molecule has 4 atom stereocenters. The van der Waals surface area contributed by atoms with Crippen molar-refractivity contribution in [2.24, 2.45) is 23.2 Å². The van der Waals surface area contributed by atoms with Crippen molar-refractivity contribution >= 4 is 11.6 Å². The molecular weight excluding hydrogens is 276 g/mol. The molecular formula is C19H26O3. The molecule has 0 radical (unpaired) electrons. The number of carbonyl (C=O) groups is 2. The summed E-state index contributed by atoms with van der Waals surface area (Å²) in [4.78, 5) is 25.1. The third-order valence-electron chi connectivity index (χ3n) is 6.05. The summed E-state index contributed by atoms with van der Waals surface area (Å²) >= 11 is 0. The molecule has 3 heteroatoms. The summed E-state index contributed by atoms with van der Waals surface area (Å²) in [5, 5.41) is 10.8. The van der Waals surface area contributed by atoms with Crippen LogP contribution in [0.1, 0.15) is 53.4 Å². The summed E-state index contributed by atoms with van der Waals surface area (Å²) in [7, 11) is 0. The monoisotopic (exact) mass is 302 g/mol. The van der Waals surface area contributed by atoms with Crippen molar-refractivity contribution in [3.63, 3.8) is 0 Å². The Kier molecular flexibility index (Phi) is 3.67. The van der Waals surface area contributed by atoms with Crippen molar-refractivity contribution in [2.45, 2.75) is 59.5 Å². The highest BCUT2D eigenvalue weighted by atomic mass is 16.3. The van der Waals surface area contributed by atoms with Gasteiger partial charge in [-0.2, -0.15) is 0 Å². The lowest BCUT2D eigenvalue weighted by Crippen LogP contribution is -2.39. The van der Waals surface area contributed by atoms with Gasteiger partial charge in [0.2, 0.25) is 0 Å². The van der Waals surface area contributed by atoms with E-state index in [9.17, 15) is 14.7 Å². The average molecular weight is 302 g/mol. The Morgan fingerprint density at radius 3 is 2.59 bits per heavy atom. The Bertz CT molecular complexity index is 596. The Labute approximate surface area is 132 Å². The quantitative estimate of drug-likeness (QED) is 0.757. The number of hydrogen-bond acceptors (Lipinski definition) is 3. The number of carbonyl (C=O) groups excluding carboxylic acids is 2. The summed E-state index contributed by atoms with van der Waals surface area (Å²) in [5.74, 6) is 0.128. The van der Waals surface area contributed by atoms with Crippen molar-refractivity contribution in [1.29, 1.82) is 0 Å². The minimum absolute atomic E-state index is 0.00359. The summed E-state index contributed by atoms with van der Waals surface area (Å²) in [6.45, 7) is 8.18. The normalized spacial score (nSPS) is 41.2. The number of hydrogen-bond donors (Lipinski definition) is 1. The van der Waals surface area contributed by atoms with E-state index in [1.807, 2.05) is 6.92 Å². The zero-order valence-corrected chi connectivity index (χ0v) is 14.0. The van der Waals surface area contributed by atoms with Crippen LogP contribution in [0.2, 0.25) is 0 Å². The molecule has 0 saturated heterocycles. The Morgan fingerprint density at radius 1 is 1.27 bits per heavy atom. The standard InChI is InChI=1S/C19H26O3/c1-10(2)12-7-8-19(4)9-14-13(5-6-15(14)20)11(3)17(21)18(22)16(12)19/h9-11,13,18,22H,5-8H2,1-4H3/b14-9+/t11-,13+,18-,19-/m1/s1. The van der Waals surface area contributed by atoms with Crippen LogP contribution in [-0.2, 0) is 9.59 Å². The lowest BCUT2D eigenvalue weighted by atomic mass is 9.70. The van der Waals surface area contributed by atoms with Crippen LogP contribution in [-0.4, -0.2) is 22.8 Å². The molecule has 3 rings (SSSR count). The molecule has 1 saturated carbocycles. The van der Waals surface area contributed by atoms with Crippen molar-refractivity contribution in [3.05, 3.63) is 22.8 Å². The minimum atomic E-state index is -1.01. The van der Waals surface area contributed by atoms with Crippen LogP contribution in [0.4, 0.5) is 0 Å². The fraction of sp³-hybridized carbons (Fsp3) is 0.684. The number of aliphatic hydroxyl groups is 1. The number of Topliss-reactive ketones (excluding diaryl/α,β-unsaturated/α-hetero) is 2. The zero-order chi connectivity index (χ0) is 16.2. The van der Waals surface area contributed by atoms with Gasteiger partial charge in [0, 0.05) is 17.8 Å². The number of allylic oxidation sites excluding steroid dienone is 3. The van der Waals surface area contributed by atoms with Gasteiger partial charge in [0.15, 0.2) is 11.6 Å².